The maximum Gasteiger partial charge on any atom is 0.253 e. The van der Waals surface area contributed by atoms with Gasteiger partial charge in [0, 0.05) is 37.6 Å². The summed E-state index contributed by atoms with van der Waals surface area (Å²) in [7, 11) is 1.91. The lowest BCUT2D eigenvalue weighted by Crippen LogP contribution is -2.36. The Morgan fingerprint density at radius 1 is 1.48 bits per heavy atom. The third-order valence-corrected chi connectivity index (χ3v) is 4.33. The number of aromatic nitrogens is 2. The van der Waals surface area contributed by atoms with Gasteiger partial charge >= 0.3 is 0 Å². The summed E-state index contributed by atoms with van der Waals surface area (Å²) >= 11 is 0. The van der Waals surface area contributed by atoms with Crippen molar-refractivity contribution in [3.05, 3.63) is 54.1 Å². The van der Waals surface area contributed by atoms with Crippen molar-refractivity contribution in [3.63, 3.8) is 0 Å². The smallest absolute Gasteiger partial charge is 0.253 e. The van der Waals surface area contributed by atoms with Gasteiger partial charge in [-0.3, -0.25) is 4.79 Å². The summed E-state index contributed by atoms with van der Waals surface area (Å²) in [6.45, 7) is 2.88. The molecule has 1 aliphatic rings. The molecule has 0 radical (unpaired) electrons. The Labute approximate surface area is 125 Å². The first kappa shape index (κ1) is 13.9. The van der Waals surface area contributed by atoms with Crippen LogP contribution in [-0.2, 0) is 6.54 Å². The Morgan fingerprint density at radius 3 is 2.95 bits per heavy atom. The van der Waals surface area contributed by atoms with E-state index < -0.39 is 0 Å². The number of hydrogen-bond donors (Lipinski definition) is 0. The van der Waals surface area contributed by atoms with E-state index in [1.54, 1.807) is 12.5 Å². The van der Waals surface area contributed by atoms with E-state index in [-0.39, 0.29) is 5.91 Å². The summed E-state index contributed by atoms with van der Waals surface area (Å²) in [4.78, 5) is 18.5. The molecule has 0 N–H and O–H groups in total. The second-order valence-electron chi connectivity index (χ2n) is 5.93. The zero-order valence-corrected chi connectivity index (χ0v) is 12.6. The average molecular weight is 283 g/mol. The first-order valence-corrected chi connectivity index (χ1v) is 7.47. The Balaban J connectivity index is 1.73. The number of rotatable bonds is 5. The minimum absolute atomic E-state index is 0.113. The standard InChI is InChI=1S/C17H21N3O/c1-13(15-6-7-15)19(2)17(21)16-5-3-4-14(10-16)11-20-9-8-18-12-20/h3-5,8-10,12-13,15H,6-7,11H2,1-2H3. The molecule has 1 amide bonds. The second-order valence-corrected chi connectivity index (χ2v) is 5.93. The highest BCUT2D eigenvalue weighted by molar-refractivity contribution is 5.94. The van der Waals surface area contributed by atoms with Crippen LogP contribution in [0.5, 0.6) is 0 Å². The molecule has 1 heterocycles. The fourth-order valence-electron chi connectivity index (χ4n) is 2.68. The molecule has 2 aromatic rings. The van der Waals surface area contributed by atoms with Crippen molar-refractivity contribution in [3.8, 4) is 0 Å². The van der Waals surface area contributed by atoms with E-state index in [0.717, 1.165) is 17.7 Å². The lowest BCUT2D eigenvalue weighted by Gasteiger charge is -2.25. The highest BCUT2D eigenvalue weighted by Gasteiger charge is 2.32. The van der Waals surface area contributed by atoms with Crippen molar-refractivity contribution in [1.82, 2.24) is 14.5 Å². The van der Waals surface area contributed by atoms with Gasteiger partial charge in [-0.1, -0.05) is 12.1 Å². The highest BCUT2D eigenvalue weighted by Crippen LogP contribution is 2.35. The van der Waals surface area contributed by atoms with Gasteiger partial charge in [-0.05, 0) is 43.4 Å². The summed E-state index contributed by atoms with van der Waals surface area (Å²) in [5.74, 6) is 0.801. The van der Waals surface area contributed by atoms with Crippen molar-refractivity contribution in [2.45, 2.75) is 32.4 Å². The molecule has 1 atom stereocenters. The lowest BCUT2D eigenvalue weighted by atomic mass is 10.1. The molecule has 4 nitrogen and oxygen atoms in total. The van der Waals surface area contributed by atoms with Gasteiger partial charge in [0.15, 0.2) is 0 Å². The molecule has 0 saturated heterocycles. The van der Waals surface area contributed by atoms with Gasteiger partial charge in [-0.15, -0.1) is 0 Å². The maximum atomic E-state index is 12.6. The topological polar surface area (TPSA) is 38.1 Å². The van der Waals surface area contributed by atoms with Crippen LogP contribution in [0.4, 0.5) is 0 Å². The zero-order valence-electron chi connectivity index (χ0n) is 12.6. The van der Waals surface area contributed by atoms with Crippen LogP contribution < -0.4 is 0 Å². The number of imidazole rings is 1. The minimum atomic E-state index is 0.113. The average Bonchev–Trinajstić information content (AvgIpc) is 3.24. The summed E-state index contributed by atoms with van der Waals surface area (Å²) in [5.41, 5.74) is 1.88. The molecule has 4 heteroatoms. The van der Waals surface area contributed by atoms with E-state index in [4.69, 9.17) is 0 Å². The molecule has 1 aliphatic carbocycles. The predicted molar refractivity (Wildman–Crippen MR) is 82.1 cm³/mol. The van der Waals surface area contributed by atoms with Crippen molar-refractivity contribution in [1.29, 1.82) is 0 Å². The number of carbonyl (C=O) groups is 1. The number of nitrogens with zero attached hydrogens (tertiary/aromatic N) is 3. The normalized spacial score (nSPS) is 15.7. The predicted octanol–water partition coefficient (Wildman–Crippen LogP) is 2.80. The van der Waals surface area contributed by atoms with Crippen LogP contribution in [0.15, 0.2) is 43.0 Å². The number of benzene rings is 1. The Morgan fingerprint density at radius 2 is 2.29 bits per heavy atom. The number of hydrogen-bond acceptors (Lipinski definition) is 2. The van der Waals surface area contributed by atoms with Gasteiger partial charge in [-0.25, -0.2) is 4.98 Å². The summed E-state index contributed by atoms with van der Waals surface area (Å²) < 4.78 is 2.00. The summed E-state index contributed by atoms with van der Waals surface area (Å²) in [6, 6.07) is 8.21. The molecule has 0 spiro atoms. The molecule has 1 fully saturated rings. The first-order chi connectivity index (χ1) is 10.1. The van der Waals surface area contributed by atoms with Crippen LogP contribution >= 0.6 is 0 Å². The number of amides is 1. The van der Waals surface area contributed by atoms with E-state index in [0.29, 0.717) is 12.0 Å². The number of carbonyl (C=O) groups excluding carboxylic acids is 1. The monoisotopic (exact) mass is 283 g/mol. The molecule has 0 aliphatic heterocycles. The molecule has 1 unspecified atom stereocenters. The SMILES string of the molecule is CC(C1CC1)N(C)C(=O)c1cccc(Cn2ccnc2)c1. The largest absolute Gasteiger partial charge is 0.339 e. The van der Waals surface area contributed by atoms with Crippen LogP contribution in [0.25, 0.3) is 0 Å². The molecule has 0 bridgehead atoms. The summed E-state index contributed by atoms with van der Waals surface area (Å²) in [5, 5.41) is 0. The first-order valence-electron chi connectivity index (χ1n) is 7.47. The third-order valence-electron chi connectivity index (χ3n) is 4.33. The van der Waals surface area contributed by atoms with Crippen molar-refractivity contribution >= 4 is 5.91 Å². The molecule has 21 heavy (non-hydrogen) atoms. The molecule has 110 valence electrons. The van der Waals surface area contributed by atoms with E-state index >= 15 is 0 Å². The van der Waals surface area contributed by atoms with Crippen molar-refractivity contribution in [2.75, 3.05) is 7.05 Å². The van der Waals surface area contributed by atoms with Gasteiger partial charge < -0.3 is 9.47 Å². The second kappa shape index (κ2) is 5.72. The molecule has 1 aromatic carbocycles. The quantitative estimate of drug-likeness (QED) is 0.846. The van der Waals surface area contributed by atoms with Crippen LogP contribution in [0.1, 0.15) is 35.7 Å². The van der Waals surface area contributed by atoms with Gasteiger partial charge in [0.2, 0.25) is 0 Å². The van der Waals surface area contributed by atoms with Crippen LogP contribution in [0.2, 0.25) is 0 Å². The Kier molecular flexibility index (Phi) is 3.78. The van der Waals surface area contributed by atoms with E-state index in [1.165, 1.54) is 12.8 Å². The van der Waals surface area contributed by atoms with E-state index in [1.807, 2.05) is 47.0 Å². The Bertz CT molecular complexity index is 617. The van der Waals surface area contributed by atoms with Gasteiger partial charge in [-0.2, -0.15) is 0 Å². The highest BCUT2D eigenvalue weighted by atomic mass is 16.2. The molecular formula is C17H21N3O. The molecule has 1 saturated carbocycles. The summed E-state index contributed by atoms with van der Waals surface area (Å²) in [6.07, 6.45) is 7.98. The molecular weight excluding hydrogens is 262 g/mol. The van der Waals surface area contributed by atoms with Gasteiger partial charge in [0.05, 0.1) is 6.33 Å². The van der Waals surface area contributed by atoms with Crippen LogP contribution in [-0.4, -0.2) is 33.4 Å². The third kappa shape index (κ3) is 3.15. The lowest BCUT2D eigenvalue weighted by molar-refractivity contribution is 0.0727. The molecule has 3 rings (SSSR count). The zero-order chi connectivity index (χ0) is 14.8. The van der Waals surface area contributed by atoms with Gasteiger partial charge in [0.25, 0.3) is 5.91 Å². The van der Waals surface area contributed by atoms with E-state index in [9.17, 15) is 4.79 Å². The van der Waals surface area contributed by atoms with Crippen LogP contribution in [0.3, 0.4) is 0 Å². The van der Waals surface area contributed by atoms with E-state index in [2.05, 4.69) is 11.9 Å². The minimum Gasteiger partial charge on any atom is -0.339 e. The van der Waals surface area contributed by atoms with Crippen LogP contribution in [0, 0.1) is 5.92 Å². The fourth-order valence-corrected chi connectivity index (χ4v) is 2.68. The van der Waals surface area contributed by atoms with Crippen molar-refractivity contribution in [2.24, 2.45) is 5.92 Å². The Hall–Kier alpha value is -2.10. The fraction of sp³-hybridized carbons (Fsp3) is 0.412. The van der Waals surface area contributed by atoms with Gasteiger partial charge in [0.1, 0.15) is 0 Å². The van der Waals surface area contributed by atoms with Crippen molar-refractivity contribution < 1.29 is 4.79 Å². The maximum absolute atomic E-state index is 12.6. The molecule has 1 aromatic heterocycles.